The van der Waals surface area contributed by atoms with Crippen LogP contribution in [0.15, 0.2) is 23.4 Å². The average molecular weight is 378 g/mol. The van der Waals surface area contributed by atoms with E-state index in [1.807, 2.05) is 13.8 Å². The molecule has 0 saturated heterocycles. The van der Waals surface area contributed by atoms with E-state index in [4.69, 9.17) is 23.2 Å². The fourth-order valence-electron chi connectivity index (χ4n) is 1.89. The lowest BCUT2D eigenvalue weighted by Gasteiger charge is -2.16. The van der Waals surface area contributed by atoms with Crippen LogP contribution in [0.1, 0.15) is 13.8 Å². The number of anilines is 1. The Morgan fingerprint density at radius 3 is 2.43 bits per heavy atom. The second-order valence-electron chi connectivity index (χ2n) is 5.19. The Balaban J connectivity index is 2.79. The van der Waals surface area contributed by atoms with Crippen molar-refractivity contribution in [3.8, 4) is 11.1 Å². The van der Waals surface area contributed by atoms with Crippen molar-refractivity contribution < 1.29 is 12.8 Å². The molecule has 0 amide bonds. The van der Waals surface area contributed by atoms with Crippen molar-refractivity contribution in [1.29, 1.82) is 0 Å². The lowest BCUT2D eigenvalue weighted by atomic mass is 10.1. The molecule has 0 atom stereocenters. The first-order valence-electron chi connectivity index (χ1n) is 6.59. The zero-order valence-electron chi connectivity index (χ0n) is 12.6. The summed E-state index contributed by atoms with van der Waals surface area (Å²) in [5, 5.41) is 2.31. The number of rotatable bonds is 4. The molecule has 23 heavy (non-hydrogen) atoms. The van der Waals surface area contributed by atoms with E-state index < -0.39 is 20.8 Å². The van der Waals surface area contributed by atoms with Gasteiger partial charge < -0.3 is 5.32 Å². The normalized spacial score (nSPS) is 11.8. The third-order valence-electron chi connectivity index (χ3n) is 2.82. The second-order valence-corrected chi connectivity index (χ2v) is 7.84. The van der Waals surface area contributed by atoms with Crippen molar-refractivity contribution in [2.45, 2.75) is 25.0 Å². The molecule has 0 fully saturated rings. The highest BCUT2D eigenvalue weighted by Crippen LogP contribution is 2.38. The molecule has 2 rings (SSSR count). The largest absolute Gasteiger partial charge is 0.367 e. The minimum absolute atomic E-state index is 0.0699. The molecule has 0 bridgehead atoms. The highest BCUT2D eigenvalue weighted by Gasteiger charge is 2.22. The highest BCUT2D eigenvalue weighted by molar-refractivity contribution is 7.90. The van der Waals surface area contributed by atoms with E-state index >= 15 is 0 Å². The summed E-state index contributed by atoms with van der Waals surface area (Å²) in [5.41, 5.74) is 0.525. The molecule has 0 saturated carbocycles. The summed E-state index contributed by atoms with van der Waals surface area (Å²) in [6, 6.07) is 4.17. The zero-order chi connectivity index (χ0) is 17.4. The van der Waals surface area contributed by atoms with Crippen molar-refractivity contribution in [3.05, 3.63) is 34.2 Å². The molecular formula is C14H14Cl2FN3O2S. The first-order valence-corrected chi connectivity index (χ1v) is 9.24. The summed E-state index contributed by atoms with van der Waals surface area (Å²) in [6.07, 6.45) is 0.979. The van der Waals surface area contributed by atoms with Crippen molar-refractivity contribution >= 4 is 38.9 Å². The van der Waals surface area contributed by atoms with Crippen molar-refractivity contribution in [2.24, 2.45) is 0 Å². The molecule has 0 radical (unpaired) electrons. The molecule has 0 aliphatic carbocycles. The Hall–Kier alpha value is -1.44. The maximum atomic E-state index is 13.7. The molecular weight excluding hydrogens is 364 g/mol. The number of halogens is 3. The van der Waals surface area contributed by atoms with Crippen LogP contribution >= 0.6 is 23.2 Å². The predicted molar refractivity (Wildman–Crippen MR) is 89.3 cm³/mol. The lowest BCUT2D eigenvalue weighted by molar-refractivity contribution is 0.593. The molecule has 9 heteroatoms. The summed E-state index contributed by atoms with van der Waals surface area (Å²) in [4.78, 5) is 7.82. The van der Waals surface area contributed by atoms with E-state index in [1.54, 1.807) is 6.07 Å². The van der Waals surface area contributed by atoms with E-state index in [9.17, 15) is 12.8 Å². The van der Waals surface area contributed by atoms with Gasteiger partial charge in [-0.2, -0.15) is 0 Å². The van der Waals surface area contributed by atoms with Gasteiger partial charge >= 0.3 is 0 Å². The minimum atomic E-state index is -3.65. The maximum absolute atomic E-state index is 13.7. The zero-order valence-corrected chi connectivity index (χ0v) is 14.9. The Kier molecular flexibility index (Phi) is 5.13. The van der Waals surface area contributed by atoms with Crippen LogP contribution in [0.5, 0.6) is 0 Å². The number of hydrogen-bond donors (Lipinski definition) is 1. The van der Waals surface area contributed by atoms with Crippen LogP contribution in [-0.4, -0.2) is 30.7 Å². The maximum Gasteiger partial charge on any atom is 0.250 e. The Morgan fingerprint density at radius 1 is 1.22 bits per heavy atom. The van der Waals surface area contributed by atoms with Gasteiger partial charge in [0.2, 0.25) is 15.0 Å². The van der Waals surface area contributed by atoms with Gasteiger partial charge in [-0.15, -0.1) is 0 Å². The molecule has 2 aromatic rings. The van der Waals surface area contributed by atoms with E-state index in [0.29, 0.717) is 0 Å². The predicted octanol–water partition coefficient (Wildman–Crippen LogP) is 3.81. The van der Waals surface area contributed by atoms with Crippen molar-refractivity contribution in [2.75, 3.05) is 11.6 Å². The SMILES string of the molecule is CC(C)Nc1nc(S(C)(=O)=O)nc(Cl)c1-c1cccc(F)c1Cl. The smallest absolute Gasteiger partial charge is 0.250 e. The third kappa shape index (κ3) is 3.91. The third-order valence-corrected chi connectivity index (χ3v) is 4.33. The van der Waals surface area contributed by atoms with E-state index in [0.717, 1.165) is 6.26 Å². The van der Waals surface area contributed by atoms with Crippen LogP contribution in [0.4, 0.5) is 10.2 Å². The molecule has 0 aliphatic heterocycles. The molecule has 0 aliphatic rings. The monoisotopic (exact) mass is 377 g/mol. The number of nitrogens with zero attached hydrogens (tertiary/aromatic N) is 2. The average Bonchev–Trinajstić information content (AvgIpc) is 2.41. The fraction of sp³-hybridized carbons (Fsp3) is 0.286. The van der Waals surface area contributed by atoms with Crippen molar-refractivity contribution in [3.63, 3.8) is 0 Å². The van der Waals surface area contributed by atoms with Crippen LogP contribution in [-0.2, 0) is 9.84 Å². The van der Waals surface area contributed by atoms with Crippen LogP contribution in [0.25, 0.3) is 11.1 Å². The Morgan fingerprint density at radius 2 is 1.87 bits per heavy atom. The van der Waals surface area contributed by atoms with Gasteiger partial charge in [0.05, 0.1) is 10.6 Å². The molecule has 5 nitrogen and oxygen atoms in total. The molecule has 1 aromatic heterocycles. The van der Waals surface area contributed by atoms with E-state index in [-0.39, 0.29) is 33.2 Å². The van der Waals surface area contributed by atoms with Gasteiger partial charge in [0.1, 0.15) is 16.8 Å². The number of sulfone groups is 1. The lowest BCUT2D eigenvalue weighted by Crippen LogP contribution is -2.15. The van der Waals surface area contributed by atoms with Gasteiger partial charge in [-0.25, -0.2) is 22.8 Å². The topological polar surface area (TPSA) is 72.0 Å². The standard InChI is InChI=1S/C14H14Cl2FN3O2S/c1-7(2)18-13-10(8-5-4-6-9(17)11(8)15)12(16)19-14(20-13)23(3,21)22/h4-7H,1-3H3,(H,18,19,20). The molecule has 0 spiro atoms. The fourth-order valence-corrected chi connectivity index (χ4v) is 2.95. The number of benzene rings is 1. The molecule has 1 N–H and O–H groups in total. The Bertz CT molecular complexity index is 857. The van der Waals surface area contributed by atoms with Crippen molar-refractivity contribution in [1.82, 2.24) is 9.97 Å². The molecule has 1 heterocycles. The number of hydrogen-bond acceptors (Lipinski definition) is 5. The first-order chi connectivity index (χ1) is 10.6. The highest BCUT2D eigenvalue weighted by atomic mass is 35.5. The molecule has 1 aromatic carbocycles. The van der Waals surface area contributed by atoms with Crippen LogP contribution < -0.4 is 5.32 Å². The summed E-state index contributed by atoms with van der Waals surface area (Å²) in [6.45, 7) is 3.68. The number of aromatic nitrogens is 2. The van der Waals surface area contributed by atoms with Crippen LogP contribution in [0, 0.1) is 5.82 Å². The quantitative estimate of drug-likeness (QED) is 0.647. The van der Waals surface area contributed by atoms with Crippen LogP contribution in [0.2, 0.25) is 10.2 Å². The van der Waals surface area contributed by atoms with E-state index in [2.05, 4.69) is 15.3 Å². The molecule has 124 valence electrons. The summed E-state index contributed by atoms with van der Waals surface area (Å²) >= 11 is 12.1. The van der Waals surface area contributed by atoms with Crippen LogP contribution in [0.3, 0.4) is 0 Å². The first kappa shape index (κ1) is 17.9. The van der Waals surface area contributed by atoms with Gasteiger partial charge in [0.25, 0.3) is 0 Å². The second kappa shape index (κ2) is 6.59. The summed E-state index contributed by atoms with van der Waals surface area (Å²) in [7, 11) is -3.65. The van der Waals surface area contributed by atoms with Gasteiger partial charge in [0, 0.05) is 17.9 Å². The van der Waals surface area contributed by atoms with Gasteiger partial charge in [-0.1, -0.05) is 35.3 Å². The summed E-state index contributed by atoms with van der Waals surface area (Å²) < 4.78 is 37.1. The molecule has 0 unspecified atom stereocenters. The number of nitrogens with one attached hydrogen (secondary N) is 1. The minimum Gasteiger partial charge on any atom is -0.367 e. The van der Waals surface area contributed by atoms with Gasteiger partial charge in [0.15, 0.2) is 0 Å². The van der Waals surface area contributed by atoms with Gasteiger partial charge in [-0.05, 0) is 19.9 Å². The van der Waals surface area contributed by atoms with E-state index in [1.165, 1.54) is 12.1 Å². The Labute approximate surface area is 143 Å². The summed E-state index contributed by atoms with van der Waals surface area (Å²) in [5.74, 6) is -0.448. The van der Waals surface area contributed by atoms with Gasteiger partial charge in [-0.3, -0.25) is 0 Å².